The summed E-state index contributed by atoms with van der Waals surface area (Å²) in [6.07, 6.45) is 0.434. The van der Waals surface area contributed by atoms with Crippen molar-refractivity contribution < 1.29 is 9.53 Å². The largest absolute Gasteiger partial charge is 0.468 e. The molecule has 3 N–H and O–H groups in total. The van der Waals surface area contributed by atoms with Gasteiger partial charge in [0.25, 0.3) is 0 Å². The van der Waals surface area contributed by atoms with Crippen LogP contribution < -0.4 is 11.1 Å². The van der Waals surface area contributed by atoms with E-state index in [9.17, 15) is 4.79 Å². The predicted octanol–water partition coefficient (Wildman–Crippen LogP) is 4.49. The van der Waals surface area contributed by atoms with Gasteiger partial charge in [-0.25, -0.2) is 0 Å². The Hall–Kier alpha value is -1.17. The molecule has 0 bridgehead atoms. The van der Waals surface area contributed by atoms with Crippen LogP contribution in [-0.2, 0) is 22.5 Å². The number of halogens is 4. The summed E-state index contributed by atoms with van der Waals surface area (Å²) >= 11 is 12.3. The molecule has 138 valence electrons. The van der Waals surface area contributed by atoms with Gasteiger partial charge in [0.05, 0.1) is 7.11 Å². The highest BCUT2D eigenvalue weighted by atomic mass is 35.5. The summed E-state index contributed by atoms with van der Waals surface area (Å²) in [5, 5.41) is 4.53. The summed E-state index contributed by atoms with van der Waals surface area (Å²) in [6, 6.07) is 12.4. The molecule has 2 aromatic carbocycles. The van der Waals surface area contributed by atoms with Gasteiger partial charge in [0.1, 0.15) is 6.04 Å². The van der Waals surface area contributed by atoms with Crippen LogP contribution in [0, 0.1) is 0 Å². The SMILES string of the molecule is COC(=O)C(N)Cc1ccc(NCc2c(Cl)cccc2Cl)cc1.Cl.Cl. The highest BCUT2D eigenvalue weighted by Gasteiger charge is 2.14. The van der Waals surface area contributed by atoms with Crippen LogP contribution in [0.5, 0.6) is 0 Å². The van der Waals surface area contributed by atoms with Gasteiger partial charge in [-0.3, -0.25) is 4.79 Å². The lowest BCUT2D eigenvalue weighted by Gasteiger charge is -2.12. The molecule has 0 spiro atoms. The molecule has 0 aliphatic carbocycles. The number of rotatable bonds is 6. The number of carbonyl (C=O) groups is 1. The molecule has 1 atom stereocenters. The Kier molecular flexibility index (Phi) is 10.9. The number of nitrogens with one attached hydrogen (secondary N) is 1. The van der Waals surface area contributed by atoms with Gasteiger partial charge < -0.3 is 15.8 Å². The highest BCUT2D eigenvalue weighted by molar-refractivity contribution is 6.36. The van der Waals surface area contributed by atoms with Crippen molar-refractivity contribution in [2.24, 2.45) is 5.73 Å². The molecule has 0 aromatic heterocycles. The van der Waals surface area contributed by atoms with Crippen molar-refractivity contribution in [1.29, 1.82) is 0 Å². The third-order valence-corrected chi connectivity index (χ3v) is 4.15. The number of carbonyl (C=O) groups excluding carboxylic acids is 1. The first kappa shape index (κ1) is 23.8. The van der Waals surface area contributed by atoms with Crippen molar-refractivity contribution in [3.05, 3.63) is 63.6 Å². The number of ether oxygens (including phenoxy) is 1. The second-order valence-electron chi connectivity index (χ2n) is 5.08. The minimum absolute atomic E-state index is 0. The molecule has 8 heteroatoms. The van der Waals surface area contributed by atoms with Crippen molar-refractivity contribution in [3.8, 4) is 0 Å². The quantitative estimate of drug-likeness (QED) is 0.669. The zero-order chi connectivity index (χ0) is 16.8. The maximum absolute atomic E-state index is 11.3. The van der Waals surface area contributed by atoms with Gasteiger partial charge in [-0.2, -0.15) is 0 Å². The van der Waals surface area contributed by atoms with Gasteiger partial charge in [-0.15, -0.1) is 24.8 Å². The highest BCUT2D eigenvalue weighted by Crippen LogP contribution is 2.25. The molecule has 1 unspecified atom stereocenters. The fraction of sp³-hybridized carbons (Fsp3) is 0.235. The normalized spacial score (nSPS) is 10.9. The molecule has 2 rings (SSSR count). The zero-order valence-corrected chi connectivity index (χ0v) is 16.6. The average Bonchev–Trinajstić information content (AvgIpc) is 2.55. The monoisotopic (exact) mass is 424 g/mol. The van der Waals surface area contributed by atoms with E-state index in [1.165, 1.54) is 7.11 Å². The molecule has 0 saturated carbocycles. The predicted molar refractivity (Wildman–Crippen MR) is 108 cm³/mol. The van der Waals surface area contributed by atoms with Gasteiger partial charge in [-0.1, -0.05) is 41.4 Å². The van der Waals surface area contributed by atoms with Crippen LogP contribution in [0.2, 0.25) is 10.0 Å². The van der Waals surface area contributed by atoms with Crippen molar-refractivity contribution in [1.82, 2.24) is 0 Å². The first-order chi connectivity index (χ1) is 11.0. The Labute approximate surface area is 169 Å². The zero-order valence-electron chi connectivity index (χ0n) is 13.5. The van der Waals surface area contributed by atoms with Crippen LogP contribution in [0.3, 0.4) is 0 Å². The van der Waals surface area contributed by atoms with Crippen molar-refractivity contribution in [3.63, 3.8) is 0 Å². The van der Waals surface area contributed by atoms with E-state index in [0.717, 1.165) is 16.8 Å². The lowest BCUT2D eigenvalue weighted by atomic mass is 10.1. The number of anilines is 1. The molecule has 4 nitrogen and oxygen atoms in total. The Morgan fingerprint density at radius 2 is 1.68 bits per heavy atom. The Morgan fingerprint density at radius 3 is 2.20 bits per heavy atom. The number of benzene rings is 2. The molecule has 0 aliphatic heterocycles. The van der Waals surface area contributed by atoms with Gasteiger partial charge in [-0.05, 0) is 36.2 Å². The Bertz CT molecular complexity index is 661. The molecule has 0 heterocycles. The Balaban J connectivity index is 0.00000288. The van der Waals surface area contributed by atoms with E-state index >= 15 is 0 Å². The van der Waals surface area contributed by atoms with Crippen LogP contribution in [0.25, 0.3) is 0 Å². The summed E-state index contributed by atoms with van der Waals surface area (Å²) in [6.45, 7) is 0.527. The van der Waals surface area contributed by atoms with E-state index in [1.54, 1.807) is 0 Å². The average molecular weight is 426 g/mol. The van der Waals surface area contributed by atoms with E-state index < -0.39 is 12.0 Å². The van der Waals surface area contributed by atoms with Gasteiger partial charge in [0, 0.05) is 27.8 Å². The van der Waals surface area contributed by atoms with E-state index in [1.807, 2.05) is 42.5 Å². The summed E-state index contributed by atoms with van der Waals surface area (Å²) < 4.78 is 4.62. The number of hydrogen-bond donors (Lipinski definition) is 2. The molecule has 0 amide bonds. The summed E-state index contributed by atoms with van der Waals surface area (Å²) in [5.74, 6) is -0.416. The van der Waals surface area contributed by atoms with Gasteiger partial charge in [0.2, 0.25) is 0 Å². The topological polar surface area (TPSA) is 64.3 Å². The van der Waals surface area contributed by atoms with Crippen LogP contribution in [0.15, 0.2) is 42.5 Å². The van der Waals surface area contributed by atoms with E-state index in [0.29, 0.717) is 23.0 Å². The second kappa shape index (κ2) is 11.4. The number of nitrogens with two attached hydrogens (primary N) is 1. The maximum Gasteiger partial charge on any atom is 0.322 e. The third kappa shape index (κ3) is 6.92. The number of methoxy groups -OCH3 is 1. The van der Waals surface area contributed by atoms with E-state index in [-0.39, 0.29) is 24.8 Å². The molecule has 0 fully saturated rings. The summed E-state index contributed by atoms with van der Waals surface area (Å²) in [4.78, 5) is 11.3. The minimum Gasteiger partial charge on any atom is -0.468 e. The van der Waals surface area contributed by atoms with Gasteiger partial charge >= 0.3 is 5.97 Å². The number of hydrogen-bond acceptors (Lipinski definition) is 4. The summed E-state index contributed by atoms with van der Waals surface area (Å²) in [5.41, 5.74) is 8.49. The molecule has 0 saturated heterocycles. The molecular weight excluding hydrogens is 406 g/mol. The molecule has 0 radical (unpaired) electrons. The lowest BCUT2D eigenvalue weighted by molar-refractivity contribution is -0.142. The van der Waals surface area contributed by atoms with E-state index in [4.69, 9.17) is 28.9 Å². The second-order valence-corrected chi connectivity index (χ2v) is 5.90. The Morgan fingerprint density at radius 1 is 1.12 bits per heavy atom. The lowest BCUT2D eigenvalue weighted by Crippen LogP contribution is -2.33. The standard InChI is InChI=1S/C17H18Cl2N2O2.2ClH/c1-23-17(22)16(20)9-11-5-7-12(8-6-11)21-10-13-14(18)3-2-4-15(13)19;;/h2-8,16,21H,9-10,20H2,1H3;2*1H. The smallest absolute Gasteiger partial charge is 0.322 e. The van der Waals surface area contributed by atoms with Crippen LogP contribution in [0.1, 0.15) is 11.1 Å². The minimum atomic E-state index is -0.652. The molecular formula is C17H20Cl4N2O2. The van der Waals surface area contributed by atoms with Crippen LogP contribution in [-0.4, -0.2) is 19.1 Å². The molecule has 0 aliphatic rings. The third-order valence-electron chi connectivity index (χ3n) is 3.44. The van der Waals surface area contributed by atoms with Crippen molar-refractivity contribution in [2.45, 2.75) is 19.0 Å². The van der Waals surface area contributed by atoms with Crippen LogP contribution in [0.4, 0.5) is 5.69 Å². The fourth-order valence-electron chi connectivity index (χ4n) is 2.14. The van der Waals surface area contributed by atoms with Gasteiger partial charge in [0.15, 0.2) is 0 Å². The molecule has 2 aromatic rings. The molecule has 25 heavy (non-hydrogen) atoms. The first-order valence-corrected chi connectivity index (χ1v) is 7.86. The van der Waals surface area contributed by atoms with Crippen LogP contribution >= 0.6 is 48.0 Å². The van der Waals surface area contributed by atoms with Crippen molar-refractivity contribution in [2.75, 3.05) is 12.4 Å². The summed E-state index contributed by atoms with van der Waals surface area (Å²) in [7, 11) is 1.33. The van der Waals surface area contributed by atoms with E-state index in [2.05, 4.69) is 10.1 Å². The fourth-order valence-corrected chi connectivity index (χ4v) is 2.67. The first-order valence-electron chi connectivity index (χ1n) is 7.10. The number of esters is 1. The maximum atomic E-state index is 11.3. The van der Waals surface area contributed by atoms with Crippen molar-refractivity contribution >= 4 is 59.7 Å².